The van der Waals surface area contributed by atoms with Crippen LogP contribution in [0.2, 0.25) is 0 Å². The smallest absolute Gasteiger partial charge is 0.244 e. The predicted molar refractivity (Wildman–Crippen MR) is 141 cm³/mol. The van der Waals surface area contributed by atoms with Crippen molar-refractivity contribution in [2.24, 2.45) is 0 Å². The van der Waals surface area contributed by atoms with E-state index in [2.05, 4.69) is 10.8 Å². The van der Waals surface area contributed by atoms with Crippen molar-refractivity contribution in [2.75, 3.05) is 20.2 Å². The van der Waals surface area contributed by atoms with Gasteiger partial charge in [-0.3, -0.25) is 0 Å². The maximum atomic E-state index is 13.4. The van der Waals surface area contributed by atoms with Crippen molar-refractivity contribution in [1.29, 1.82) is 0 Å². The molecule has 1 saturated carbocycles. The maximum absolute atomic E-state index is 13.4. The Labute approximate surface area is 216 Å². The molecule has 0 amide bonds. The Morgan fingerprint density at radius 3 is 2.39 bits per heavy atom. The summed E-state index contributed by atoms with van der Waals surface area (Å²) in [4.78, 5) is 4.75. The van der Waals surface area contributed by atoms with Crippen LogP contribution in [0.5, 0.6) is 5.75 Å². The second-order valence-corrected chi connectivity index (χ2v) is 14.1. The number of fused-ring (bicyclic) bond motifs is 1. The van der Waals surface area contributed by atoms with Gasteiger partial charge in [0.05, 0.1) is 27.2 Å². The molecule has 36 heavy (non-hydrogen) atoms. The van der Waals surface area contributed by atoms with Gasteiger partial charge in [0.2, 0.25) is 20.0 Å². The number of thiazole rings is 1. The van der Waals surface area contributed by atoms with E-state index in [1.54, 1.807) is 11.3 Å². The molecular weight excluding hydrogens is 518 g/mol. The van der Waals surface area contributed by atoms with Gasteiger partial charge in [0.15, 0.2) is 0 Å². The molecule has 194 valence electrons. The number of nitrogens with zero attached hydrogens (tertiary/aromatic N) is 2. The van der Waals surface area contributed by atoms with Crippen molar-refractivity contribution in [3.8, 4) is 5.75 Å². The number of methoxy groups -OCH3 is 1. The summed E-state index contributed by atoms with van der Waals surface area (Å²) in [7, 11) is -6.27. The molecule has 0 radical (unpaired) electrons. The van der Waals surface area contributed by atoms with Crippen LogP contribution in [0.1, 0.15) is 55.9 Å². The molecule has 0 unspecified atom stereocenters. The van der Waals surface area contributed by atoms with E-state index in [-0.39, 0.29) is 27.5 Å². The van der Waals surface area contributed by atoms with Crippen molar-refractivity contribution >= 4 is 41.6 Å². The predicted octanol–water partition coefficient (Wildman–Crippen LogP) is 4.48. The highest BCUT2D eigenvalue weighted by molar-refractivity contribution is 7.90. The van der Waals surface area contributed by atoms with E-state index in [4.69, 9.17) is 9.72 Å². The number of aromatic nitrogens is 1. The van der Waals surface area contributed by atoms with Crippen LogP contribution in [0, 0.1) is 0 Å². The van der Waals surface area contributed by atoms with Crippen molar-refractivity contribution in [1.82, 2.24) is 14.0 Å². The molecule has 2 aliphatic rings. The monoisotopic (exact) mass is 549 g/mol. The quantitative estimate of drug-likeness (QED) is 0.466. The van der Waals surface area contributed by atoms with Crippen molar-refractivity contribution in [3.05, 3.63) is 47.5 Å². The number of piperidine rings is 1. The summed E-state index contributed by atoms with van der Waals surface area (Å²) in [5.41, 5.74) is 0.979. The zero-order valence-electron chi connectivity index (χ0n) is 20.2. The summed E-state index contributed by atoms with van der Waals surface area (Å²) in [6.45, 7) is 0.767. The Bertz CT molecular complexity index is 1410. The van der Waals surface area contributed by atoms with Crippen LogP contribution in [0.4, 0.5) is 0 Å². The molecular formula is C25H31N3O5S3. The molecule has 5 rings (SSSR count). The number of rotatable bonds is 7. The molecule has 1 saturated heterocycles. The number of para-hydroxylation sites is 1. The Balaban J connectivity index is 1.31. The lowest BCUT2D eigenvalue weighted by atomic mass is 9.96. The van der Waals surface area contributed by atoms with Crippen LogP contribution in [-0.2, 0) is 20.0 Å². The van der Waals surface area contributed by atoms with Crippen molar-refractivity contribution in [3.63, 3.8) is 0 Å². The zero-order valence-corrected chi connectivity index (χ0v) is 22.7. The minimum Gasteiger partial charge on any atom is -0.495 e. The Morgan fingerprint density at radius 2 is 1.69 bits per heavy atom. The fourth-order valence-corrected chi connectivity index (χ4v) is 9.17. The van der Waals surface area contributed by atoms with Gasteiger partial charge in [0.25, 0.3) is 0 Å². The summed E-state index contributed by atoms with van der Waals surface area (Å²) in [6.07, 6.45) is 6.10. The first-order chi connectivity index (χ1) is 17.3. The molecule has 2 fully saturated rings. The summed E-state index contributed by atoms with van der Waals surface area (Å²) in [6, 6.07) is 11.9. The van der Waals surface area contributed by atoms with Gasteiger partial charge in [0, 0.05) is 31.1 Å². The second kappa shape index (κ2) is 10.4. The van der Waals surface area contributed by atoms with E-state index in [9.17, 15) is 16.8 Å². The zero-order chi connectivity index (χ0) is 25.3. The first-order valence-corrected chi connectivity index (χ1v) is 16.1. The van der Waals surface area contributed by atoms with Crippen LogP contribution in [0.15, 0.2) is 52.3 Å². The van der Waals surface area contributed by atoms with Crippen LogP contribution >= 0.6 is 11.3 Å². The first-order valence-electron chi connectivity index (χ1n) is 12.3. The van der Waals surface area contributed by atoms with Gasteiger partial charge in [-0.15, -0.1) is 11.3 Å². The minimum absolute atomic E-state index is 0.0312. The molecule has 0 atom stereocenters. The highest BCUT2D eigenvalue weighted by Crippen LogP contribution is 2.36. The van der Waals surface area contributed by atoms with E-state index in [0.29, 0.717) is 25.9 Å². The number of hydrogen-bond acceptors (Lipinski definition) is 7. The fraction of sp³-hybridized carbons (Fsp3) is 0.480. The van der Waals surface area contributed by atoms with Crippen LogP contribution in [0.25, 0.3) is 10.2 Å². The Hall–Kier alpha value is -2.05. The lowest BCUT2D eigenvalue weighted by Crippen LogP contribution is -2.38. The molecule has 2 aromatic carbocycles. The number of hydrogen-bond donors (Lipinski definition) is 1. The molecule has 3 aromatic rings. The topological polar surface area (TPSA) is 106 Å². The number of nitrogens with one attached hydrogen (secondary N) is 1. The molecule has 1 aliphatic heterocycles. The average molecular weight is 550 g/mol. The summed E-state index contributed by atoms with van der Waals surface area (Å²) < 4.78 is 63.6. The van der Waals surface area contributed by atoms with Gasteiger partial charge in [-0.25, -0.2) is 26.5 Å². The molecule has 1 N–H and O–H groups in total. The van der Waals surface area contributed by atoms with Gasteiger partial charge in [0.1, 0.15) is 10.6 Å². The van der Waals surface area contributed by atoms with Gasteiger partial charge < -0.3 is 4.74 Å². The van der Waals surface area contributed by atoms with Crippen molar-refractivity contribution < 1.29 is 21.6 Å². The molecule has 2 heterocycles. The minimum atomic E-state index is -3.83. The summed E-state index contributed by atoms with van der Waals surface area (Å²) in [5.74, 6) is 0.255. The molecule has 11 heteroatoms. The second-order valence-electron chi connectivity index (χ2n) is 9.47. The van der Waals surface area contributed by atoms with E-state index in [0.717, 1.165) is 47.3 Å². The van der Waals surface area contributed by atoms with E-state index in [1.165, 1.54) is 29.6 Å². The van der Waals surface area contributed by atoms with E-state index < -0.39 is 20.0 Å². The standard InChI is InChI=1S/C25H31N3O5S3/c1-33-22-17-20(11-12-24(22)35(29,30)27-19-7-3-2-4-8-19)36(31,32)28-15-13-18(14-16-28)25-26-21-9-5-6-10-23(21)34-25/h5-6,9-12,17-19,27H,2-4,7-8,13-16H2,1H3. The van der Waals surface area contributed by atoms with Crippen LogP contribution in [0.3, 0.4) is 0 Å². The largest absolute Gasteiger partial charge is 0.495 e. The Kier molecular flexibility index (Phi) is 7.37. The highest BCUT2D eigenvalue weighted by atomic mass is 32.2. The molecule has 1 aromatic heterocycles. The van der Waals surface area contributed by atoms with Gasteiger partial charge in [-0.2, -0.15) is 4.31 Å². The molecule has 0 spiro atoms. The lowest BCUT2D eigenvalue weighted by molar-refractivity contribution is 0.319. The molecule has 8 nitrogen and oxygen atoms in total. The lowest BCUT2D eigenvalue weighted by Gasteiger charge is -2.30. The fourth-order valence-electron chi connectivity index (χ4n) is 5.09. The van der Waals surface area contributed by atoms with Gasteiger partial charge in [-0.05, 0) is 49.9 Å². The molecule has 0 bridgehead atoms. The Morgan fingerprint density at radius 1 is 0.972 bits per heavy atom. The average Bonchev–Trinajstić information content (AvgIpc) is 3.33. The third-order valence-corrected chi connectivity index (χ3v) is 11.8. The van der Waals surface area contributed by atoms with Gasteiger partial charge >= 0.3 is 0 Å². The van der Waals surface area contributed by atoms with Gasteiger partial charge in [-0.1, -0.05) is 31.4 Å². The SMILES string of the molecule is COc1cc(S(=O)(=O)N2CCC(c3nc4ccccc4s3)CC2)ccc1S(=O)(=O)NC1CCCCC1. The third kappa shape index (κ3) is 5.17. The van der Waals surface area contributed by atoms with Crippen molar-refractivity contribution in [2.45, 2.75) is 66.7 Å². The summed E-state index contributed by atoms with van der Waals surface area (Å²) in [5, 5.41) is 1.05. The number of benzene rings is 2. The maximum Gasteiger partial charge on any atom is 0.244 e. The normalized spacial score (nSPS) is 19.0. The van der Waals surface area contributed by atoms with Crippen LogP contribution < -0.4 is 9.46 Å². The first kappa shape index (κ1) is 25.6. The number of sulfonamides is 2. The highest BCUT2D eigenvalue weighted by Gasteiger charge is 2.33. The third-order valence-electron chi connectivity index (χ3n) is 7.10. The number of ether oxygens (including phenoxy) is 1. The molecule has 1 aliphatic carbocycles. The van der Waals surface area contributed by atoms with Crippen LogP contribution in [-0.4, -0.2) is 52.4 Å². The summed E-state index contributed by atoms with van der Waals surface area (Å²) >= 11 is 1.67. The van der Waals surface area contributed by atoms with E-state index in [1.807, 2.05) is 18.2 Å². The van der Waals surface area contributed by atoms with E-state index >= 15 is 0 Å².